The highest BCUT2D eigenvalue weighted by molar-refractivity contribution is 5.69. The summed E-state index contributed by atoms with van der Waals surface area (Å²) in [5.74, 6) is 0. The van der Waals surface area contributed by atoms with Crippen molar-refractivity contribution in [1.29, 1.82) is 0 Å². The van der Waals surface area contributed by atoms with Crippen LogP contribution in [0.25, 0.3) is 0 Å². The molecule has 84 valence electrons. The lowest BCUT2D eigenvalue weighted by atomic mass is 10.0. The minimum atomic E-state index is 0.695. The van der Waals surface area contributed by atoms with Crippen molar-refractivity contribution in [3.63, 3.8) is 0 Å². The molecule has 0 heterocycles. The number of nitrogens with zero attached hydrogens (tertiary/aromatic N) is 1. The molecule has 1 aromatic rings. The van der Waals surface area contributed by atoms with E-state index in [0.29, 0.717) is 5.69 Å². The molecule has 3 nitrogen and oxygen atoms in total. The molecule has 4 N–H and O–H groups in total. The molecule has 3 heteroatoms. The first-order valence-corrected chi connectivity index (χ1v) is 5.30. The average Bonchev–Trinajstić information content (AvgIpc) is 2.17. The second kappa shape index (κ2) is 5.03. The van der Waals surface area contributed by atoms with Crippen LogP contribution in [0.15, 0.2) is 12.1 Å². The zero-order valence-electron chi connectivity index (χ0n) is 9.88. The summed E-state index contributed by atoms with van der Waals surface area (Å²) in [5.41, 5.74) is 15.6. The molecule has 1 aromatic carbocycles. The van der Waals surface area contributed by atoms with Gasteiger partial charge in [0.15, 0.2) is 0 Å². The molecule has 0 amide bonds. The Balaban J connectivity index is 2.71. The number of nitrogen functional groups attached to an aromatic ring is 2. The fraction of sp³-hybridized carbons (Fsp3) is 0.500. The summed E-state index contributed by atoms with van der Waals surface area (Å²) in [6, 6.07) is 3.91. The Labute approximate surface area is 92.1 Å². The first-order valence-electron chi connectivity index (χ1n) is 5.30. The number of rotatable bonds is 4. The molecular weight excluding hydrogens is 186 g/mol. The van der Waals surface area contributed by atoms with E-state index in [2.05, 4.69) is 25.9 Å². The summed E-state index contributed by atoms with van der Waals surface area (Å²) in [7, 11) is 4.16. The maximum absolute atomic E-state index is 5.96. The topological polar surface area (TPSA) is 55.3 Å². The third-order valence-electron chi connectivity index (χ3n) is 2.66. The van der Waals surface area contributed by atoms with Gasteiger partial charge in [0, 0.05) is 0 Å². The summed E-state index contributed by atoms with van der Waals surface area (Å²) < 4.78 is 0. The minimum Gasteiger partial charge on any atom is -0.397 e. The monoisotopic (exact) mass is 207 g/mol. The van der Waals surface area contributed by atoms with Crippen molar-refractivity contribution in [1.82, 2.24) is 4.90 Å². The first kappa shape index (κ1) is 11.9. The predicted molar refractivity (Wildman–Crippen MR) is 66.9 cm³/mol. The Morgan fingerprint density at radius 2 is 1.87 bits per heavy atom. The van der Waals surface area contributed by atoms with Crippen LogP contribution >= 0.6 is 0 Å². The van der Waals surface area contributed by atoms with Crippen molar-refractivity contribution in [2.45, 2.75) is 19.8 Å². The van der Waals surface area contributed by atoms with Crippen LogP contribution in [0.1, 0.15) is 17.5 Å². The van der Waals surface area contributed by atoms with Crippen molar-refractivity contribution in [2.24, 2.45) is 0 Å². The SMILES string of the molecule is Cc1ccc(N)c(N)c1CCCN(C)C. The maximum atomic E-state index is 5.96. The standard InChI is InChI=1S/C12H21N3/c1-9-6-7-11(13)12(14)10(9)5-4-8-15(2)3/h6-7H,4-5,8,13-14H2,1-3H3. The summed E-state index contributed by atoms with van der Waals surface area (Å²) in [5, 5.41) is 0. The highest BCUT2D eigenvalue weighted by Crippen LogP contribution is 2.24. The van der Waals surface area contributed by atoms with Gasteiger partial charge in [0.1, 0.15) is 0 Å². The lowest BCUT2D eigenvalue weighted by Crippen LogP contribution is -2.14. The number of benzene rings is 1. The minimum absolute atomic E-state index is 0.695. The van der Waals surface area contributed by atoms with Gasteiger partial charge in [0.2, 0.25) is 0 Å². The Morgan fingerprint density at radius 1 is 1.20 bits per heavy atom. The molecule has 0 bridgehead atoms. The molecule has 0 aliphatic heterocycles. The number of anilines is 2. The smallest absolute Gasteiger partial charge is 0.0582 e. The van der Waals surface area contributed by atoms with Gasteiger partial charge in [-0.15, -0.1) is 0 Å². The third-order valence-corrected chi connectivity index (χ3v) is 2.66. The highest BCUT2D eigenvalue weighted by Gasteiger charge is 2.06. The van der Waals surface area contributed by atoms with Gasteiger partial charge in [0.25, 0.3) is 0 Å². The highest BCUT2D eigenvalue weighted by atomic mass is 15.0. The van der Waals surface area contributed by atoms with E-state index in [4.69, 9.17) is 11.5 Å². The second-order valence-corrected chi connectivity index (χ2v) is 4.27. The van der Waals surface area contributed by atoms with Gasteiger partial charge in [-0.3, -0.25) is 0 Å². The van der Waals surface area contributed by atoms with Gasteiger partial charge in [-0.2, -0.15) is 0 Å². The van der Waals surface area contributed by atoms with Crippen LogP contribution in [0.5, 0.6) is 0 Å². The van der Waals surface area contributed by atoms with Gasteiger partial charge in [-0.05, 0) is 57.6 Å². The summed E-state index contributed by atoms with van der Waals surface area (Å²) >= 11 is 0. The van der Waals surface area contributed by atoms with Crippen molar-refractivity contribution in [3.8, 4) is 0 Å². The van der Waals surface area contributed by atoms with Crippen LogP contribution in [-0.4, -0.2) is 25.5 Å². The van der Waals surface area contributed by atoms with Gasteiger partial charge in [-0.25, -0.2) is 0 Å². The second-order valence-electron chi connectivity index (χ2n) is 4.27. The Bertz CT molecular complexity index is 332. The van der Waals surface area contributed by atoms with Crippen LogP contribution in [-0.2, 0) is 6.42 Å². The Kier molecular flexibility index (Phi) is 3.97. The van der Waals surface area contributed by atoms with E-state index in [1.807, 2.05) is 12.1 Å². The fourth-order valence-corrected chi connectivity index (χ4v) is 1.70. The van der Waals surface area contributed by atoms with E-state index < -0.39 is 0 Å². The van der Waals surface area contributed by atoms with Crippen molar-refractivity contribution >= 4 is 11.4 Å². The van der Waals surface area contributed by atoms with Gasteiger partial charge >= 0.3 is 0 Å². The van der Waals surface area contributed by atoms with Gasteiger partial charge in [0.05, 0.1) is 11.4 Å². The normalized spacial score (nSPS) is 10.9. The number of nitrogens with two attached hydrogens (primary N) is 2. The van der Waals surface area contributed by atoms with Crippen LogP contribution in [0, 0.1) is 6.92 Å². The van der Waals surface area contributed by atoms with Crippen molar-refractivity contribution < 1.29 is 0 Å². The molecule has 0 saturated heterocycles. The van der Waals surface area contributed by atoms with E-state index in [-0.39, 0.29) is 0 Å². The molecule has 0 aliphatic rings. The maximum Gasteiger partial charge on any atom is 0.0582 e. The molecule has 0 saturated carbocycles. The molecular formula is C12H21N3. The summed E-state index contributed by atoms with van der Waals surface area (Å²) in [6.45, 7) is 3.16. The largest absolute Gasteiger partial charge is 0.397 e. The molecule has 0 aliphatic carbocycles. The van der Waals surface area contributed by atoms with Crippen LogP contribution in [0.3, 0.4) is 0 Å². The van der Waals surface area contributed by atoms with E-state index in [1.165, 1.54) is 11.1 Å². The number of hydrogen-bond acceptors (Lipinski definition) is 3. The summed E-state index contributed by atoms with van der Waals surface area (Å²) in [4.78, 5) is 2.18. The molecule has 0 unspecified atom stereocenters. The van der Waals surface area contributed by atoms with Crippen LogP contribution in [0.4, 0.5) is 11.4 Å². The van der Waals surface area contributed by atoms with E-state index >= 15 is 0 Å². The molecule has 0 radical (unpaired) electrons. The molecule has 0 aromatic heterocycles. The molecule has 15 heavy (non-hydrogen) atoms. The fourth-order valence-electron chi connectivity index (χ4n) is 1.70. The average molecular weight is 207 g/mol. The van der Waals surface area contributed by atoms with Crippen molar-refractivity contribution in [2.75, 3.05) is 32.1 Å². The Hall–Kier alpha value is -1.22. The van der Waals surface area contributed by atoms with Crippen LogP contribution in [0.2, 0.25) is 0 Å². The van der Waals surface area contributed by atoms with Crippen LogP contribution < -0.4 is 11.5 Å². The molecule has 0 atom stereocenters. The third kappa shape index (κ3) is 3.13. The molecule has 1 rings (SSSR count). The van der Waals surface area contributed by atoms with Crippen molar-refractivity contribution in [3.05, 3.63) is 23.3 Å². The van der Waals surface area contributed by atoms with E-state index in [1.54, 1.807) is 0 Å². The quantitative estimate of drug-likeness (QED) is 0.738. The molecule has 0 fully saturated rings. The van der Waals surface area contributed by atoms with Gasteiger partial charge < -0.3 is 16.4 Å². The van der Waals surface area contributed by atoms with Gasteiger partial charge in [-0.1, -0.05) is 6.07 Å². The predicted octanol–water partition coefficient (Wildman–Crippen LogP) is 1.65. The lowest BCUT2D eigenvalue weighted by molar-refractivity contribution is 0.400. The lowest BCUT2D eigenvalue weighted by Gasteiger charge is -2.13. The Morgan fingerprint density at radius 3 is 2.47 bits per heavy atom. The summed E-state index contributed by atoms with van der Waals surface area (Å²) in [6.07, 6.45) is 2.11. The molecule has 0 spiro atoms. The number of hydrogen-bond donors (Lipinski definition) is 2. The zero-order valence-corrected chi connectivity index (χ0v) is 9.88. The zero-order chi connectivity index (χ0) is 11.4. The first-order chi connectivity index (χ1) is 7.02. The van der Waals surface area contributed by atoms with E-state index in [0.717, 1.165) is 25.1 Å². The number of aryl methyl sites for hydroxylation is 1. The van der Waals surface area contributed by atoms with E-state index in [9.17, 15) is 0 Å².